The maximum Gasteiger partial charge on any atom is 0.244 e. The molecule has 1 N–H and O–H groups in total. The van der Waals surface area contributed by atoms with Crippen molar-refractivity contribution in [3.63, 3.8) is 0 Å². The van der Waals surface area contributed by atoms with Crippen LogP contribution in [0.25, 0.3) is 0 Å². The first kappa shape index (κ1) is 21.0. The van der Waals surface area contributed by atoms with Crippen LogP contribution in [-0.2, 0) is 15.0 Å². The number of anilines is 2. The molecule has 0 aliphatic carbocycles. The van der Waals surface area contributed by atoms with Gasteiger partial charge in [-0.3, -0.25) is 9.59 Å². The second-order valence-corrected chi connectivity index (χ2v) is 9.39. The van der Waals surface area contributed by atoms with Gasteiger partial charge < -0.3 is 10.2 Å². The third-order valence-corrected chi connectivity index (χ3v) is 6.77. The number of nitrogens with zero attached hydrogens (tertiary/aromatic N) is 4. The molecule has 1 unspecified atom stereocenters. The normalized spacial score (nSPS) is 20.5. The molecule has 32 heavy (non-hydrogen) atoms. The van der Waals surface area contributed by atoms with Crippen LogP contribution in [0.2, 0.25) is 10.0 Å². The summed E-state index contributed by atoms with van der Waals surface area (Å²) in [5.41, 5.74) is 1.55. The number of halogens is 2. The van der Waals surface area contributed by atoms with Crippen molar-refractivity contribution in [1.29, 1.82) is 0 Å². The number of benzene rings is 2. The zero-order valence-electron chi connectivity index (χ0n) is 17.8. The zero-order valence-corrected chi connectivity index (χ0v) is 19.3. The molecule has 2 atom stereocenters. The van der Waals surface area contributed by atoms with E-state index in [9.17, 15) is 9.59 Å². The summed E-state index contributed by atoms with van der Waals surface area (Å²) in [5.74, 6) is -0.0325. The Hall–Kier alpha value is -2.90. The van der Waals surface area contributed by atoms with Crippen LogP contribution < -0.4 is 10.2 Å². The van der Waals surface area contributed by atoms with E-state index in [1.54, 1.807) is 33.8 Å². The van der Waals surface area contributed by atoms with E-state index in [1.165, 1.54) is 0 Å². The van der Waals surface area contributed by atoms with E-state index in [1.807, 2.05) is 39.0 Å². The Labute approximate surface area is 195 Å². The van der Waals surface area contributed by atoms with Crippen LogP contribution in [0.3, 0.4) is 0 Å². The van der Waals surface area contributed by atoms with Crippen LogP contribution in [0.15, 0.2) is 42.5 Å². The lowest BCUT2D eigenvalue weighted by Crippen LogP contribution is -2.48. The van der Waals surface area contributed by atoms with Gasteiger partial charge in [0.15, 0.2) is 5.82 Å². The Morgan fingerprint density at radius 3 is 2.41 bits per heavy atom. The topological polar surface area (TPSA) is 80.1 Å². The molecule has 7 nitrogen and oxygen atoms in total. The Kier molecular flexibility index (Phi) is 4.80. The van der Waals surface area contributed by atoms with Crippen LogP contribution in [-0.4, -0.2) is 32.9 Å². The SMILES string of the molecule is CC(C)N1C(=O)[C@]2(CC(=O)Nc3c2nnn3C(C)c2ccc(Cl)cc2)c2cc(Cl)ccc21. The second kappa shape index (κ2) is 7.32. The number of hydrogen-bond donors (Lipinski definition) is 1. The first-order valence-electron chi connectivity index (χ1n) is 10.4. The highest BCUT2D eigenvalue weighted by atomic mass is 35.5. The minimum absolute atomic E-state index is 0.0522. The Bertz CT molecular complexity index is 1250. The maximum absolute atomic E-state index is 13.9. The van der Waals surface area contributed by atoms with Crippen LogP contribution in [0.4, 0.5) is 11.5 Å². The highest BCUT2D eigenvalue weighted by molar-refractivity contribution is 6.31. The van der Waals surface area contributed by atoms with E-state index >= 15 is 0 Å². The number of rotatable bonds is 3. The summed E-state index contributed by atoms with van der Waals surface area (Å²) >= 11 is 12.4. The minimum atomic E-state index is -1.26. The zero-order chi connectivity index (χ0) is 22.8. The molecular weight excluding hydrogens is 449 g/mol. The lowest BCUT2D eigenvalue weighted by Gasteiger charge is -2.32. The fourth-order valence-electron chi connectivity index (χ4n) is 4.75. The van der Waals surface area contributed by atoms with Gasteiger partial charge in [0.25, 0.3) is 0 Å². The molecule has 2 aliphatic heterocycles. The van der Waals surface area contributed by atoms with Crippen LogP contribution >= 0.6 is 23.2 Å². The van der Waals surface area contributed by atoms with Crippen LogP contribution in [0, 0.1) is 0 Å². The van der Waals surface area contributed by atoms with Crippen molar-refractivity contribution >= 4 is 46.5 Å². The van der Waals surface area contributed by atoms with E-state index < -0.39 is 5.41 Å². The molecule has 1 spiro atoms. The average Bonchev–Trinajstić information content (AvgIpc) is 3.26. The predicted molar refractivity (Wildman–Crippen MR) is 123 cm³/mol. The molecule has 3 aromatic rings. The van der Waals surface area contributed by atoms with Gasteiger partial charge >= 0.3 is 0 Å². The van der Waals surface area contributed by atoms with E-state index in [4.69, 9.17) is 23.2 Å². The molecule has 2 amide bonds. The molecule has 2 aromatic carbocycles. The summed E-state index contributed by atoms with van der Waals surface area (Å²) in [6.45, 7) is 5.84. The van der Waals surface area contributed by atoms with Crippen molar-refractivity contribution in [2.75, 3.05) is 10.2 Å². The van der Waals surface area contributed by atoms with Gasteiger partial charge in [-0.25, -0.2) is 4.68 Å². The number of carbonyl (C=O) groups excluding carboxylic acids is 2. The van der Waals surface area contributed by atoms with Gasteiger partial charge in [0, 0.05) is 21.8 Å². The van der Waals surface area contributed by atoms with Gasteiger partial charge in [-0.1, -0.05) is 40.5 Å². The molecule has 0 saturated heterocycles. The van der Waals surface area contributed by atoms with Crippen LogP contribution in [0.1, 0.15) is 50.1 Å². The van der Waals surface area contributed by atoms with E-state index in [2.05, 4.69) is 15.6 Å². The molecule has 0 fully saturated rings. The highest BCUT2D eigenvalue weighted by Crippen LogP contribution is 2.53. The van der Waals surface area contributed by atoms with Gasteiger partial charge in [0.1, 0.15) is 11.1 Å². The van der Waals surface area contributed by atoms with Gasteiger partial charge in [-0.05, 0) is 62.2 Å². The van der Waals surface area contributed by atoms with Gasteiger partial charge in [0.2, 0.25) is 11.8 Å². The third-order valence-electron chi connectivity index (χ3n) is 6.28. The molecule has 2 aliphatic rings. The molecule has 5 rings (SSSR count). The molecule has 0 bridgehead atoms. The molecule has 0 saturated carbocycles. The van der Waals surface area contributed by atoms with Crippen molar-refractivity contribution in [1.82, 2.24) is 15.0 Å². The largest absolute Gasteiger partial charge is 0.309 e. The number of carbonyl (C=O) groups is 2. The summed E-state index contributed by atoms with van der Waals surface area (Å²) in [6, 6.07) is 12.4. The fourth-order valence-corrected chi connectivity index (χ4v) is 5.05. The standard InChI is InChI=1S/C23H21Cl2N5O2/c1-12(2)29-18-9-8-16(25)10-17(18)23(22(29)32)11-19(31)26-21-20(23)27-28-30(21)13(3)14-4-6-15(24)7-5-14/h4-10,12-13H,11H2,1-3H3,(H,26,31)/t13?,23-/m1/s1. The fraction of sp³-hybridized carbons (Fsp3) is 0.304. The van der Waals surface area contributed by atoms with Crippen LogP contribution in [0.5, 0.6) is 0 Å². The quantitative estimate of drug-likeness (QED) is 0.608. The minimum Gasteiger partial charge on any atom is -0.309 e. The summed E-state index contributed by atoms with van der Waals surface area (Å²) in [6.07, 6.45) is -0.0522. The first-order valence-corrected chi connectivity index (χ1v) is 11.1. The Morgan fingerprint density at radius 1 is 1.03 bits per heavy atom. The van der Waals surface area contributed by atoms with E-state index in [0.717, 1.165) is 11.3 Å². The van der Waals surface area contributed by atoms with Crippen molar-refractivity contribution in [3.05, 3.63) is 69.3 Å². The first-order chi connectivity index (χ1) is 15.2. The summed E-state index contributed by atoms with van der Waals surface area (Å²) in [5, 5.41) is 12.8. The van der Waals surface area contributed by atoms with Crippen molar-refractivity contribution in [2.45, 2.75) is 44.7 Å². The molecule has 1 aromatic heterocycles. The van der Waals surface area contributed by atoms with Gasteiger partial charge in [-0.15, -0.1) is 5.10 Å². The molecule has 9 heteroatoms. The molecular formula is C23H21Cl2N5O2. The average molecular weight is 470 g/mol. The highest BCUT2D eigenvalue weighted by Gasteiger charge is 2.59. The van der Waals surface area contributed by atoms with Gasteiger partial charge in [-0.2, -0.15) is 0 Å². The number of amides is 2. The number of nitrogens with one attached hydrogen (secondary N) is 1. The summed E-state index contributed by atoms with van der Waals surface area (Å²) < 4.78 is 1.65. The van der Waals surface area contributed by atoms with E-state index in [-0.39, 0.29) is 30.3 Å². The van der Waals surface area contributed by atoms with Crippen molar-refractivity contribution < 1.29 is 9.59 Å². The third kappa shape index (κ3) is 2.88. The Balaban J connectivity index is 1.71. The van der Waals surface area contributed by atoms with Crippen molar-refractivity contribution in [3.8, 4) is 0 Å². The molecule has 0 radical (unpaired) electrons. The number of fused-ring (bicyclic) bond motifs is 4. The van der Waals surface area contributed by atoms with Crippen molar-refractivity contribution in [2.24, 2.45) is 0 Å². The summed E-state index contributed by atoms with van der Waals surface area (Å²) in [7, 11) is 0. The van der Waals surface area contributed by atoms with E-state index in [0.29, 0.717) is 27.1 Å². The lowest BCUT2D eigenvalue weighted by atomic mass is 9.73. The lowest BCUT2D eigenvalue weighted by molar-refractivity contribution is -0.127. The monoisotopic (exact) mass is 469 g/mol. The van der Waals surface area contributed by atoms with Gasteiger partial charge in [0.05, 0.1) is 12.5 Å². The molecule has 3 heterocycles. The predicted octanol–water partition coefficient (Wildman–Crippen LogP) is 4.58. The second-order valence-electron chi connectivity index (χ2n) is 8.52. The maximum atomic E-state index is 13.9. The molecule has 164 valence electrons. The number of aromatic nitrogens is 3. The number of hydrogen-bond acceptors (Lipinski definition) is 4. The summed E-state index contributed by atoms with van der Waals surface area (Å²) in [4.78, 5) is 28.6. The Morgan fingerprint density at radius 2 is 1.72 bits per heavy atom. The smallest absolute Gasteiger partial charge is 0.244 e.